The van der Waals surface area contributed by atoms with Crippen molar-refractivity contribution in [3.8, 4) is 11.5 Å². The lowest BCUT2D eigenvalue weighted by Gasteiger charge is -2.34. The zero-order valence-electron chi connectivity index (χ0n) is 16.6. The summed E-state index contributed by atoms with van der Waals surface area (Å²) in [5, 5.41) is 0. The number of hydrogen-bond acceptors (Lipinski definition) is 4. The number of nitrogens with zero attached hydrogens (tertiary/aromatic N) is 2. The van der Waals surface area contributed by atoms with Crippen LogP contribution in [0.15, 0.2) is 42.5 Å². The first-order valence-electron chi connectivity index (χ1n) is 9.37. The molecule has 0 saturated carbocycles. The molecule has 6 heteroatoms. The molecule has 0 N–H and O–H groups in total. The first-order valence-corrected chi connectivity index (χ1v) is 9.37. The summed E-state index contributed by atoms with van der Waals surface area (Å²) in [7, 11) is 3.25. The standard InChI is InChI=1S/C22H26N2O4/c1-16-4-5-17(14-20(16)28-3)6-11-21(25)23-12-13-24(22(26)15-23)18-7-9-19(27-2)10-8-18/h4-5,7-10,14H,6,11-13,15H2,1-3H3. The molecule has 1 aliphatic rings. The van der Waals surface area contributed by atoms with Gasteiger partial charge in [-0.2, -0.15) is 0 Å². The highest BCUT2D eigenvalue weighted by atomic mass is 16.5. The van der Waals surface area contributed by atoms with Crippen LogP contribution in [0.4, 0.5) is 5.69 Å². The van der Waals surface area contributed by atoms with E-state index in [1.165, 1.54) is 0 Å². The minimum absolute atomic E-state index is 0.00210. The summed E-state index contributed by atoms with van der Waals surface area (Å²) >= 11 is 0. The number of methoxy groups -OCH3 is 2. The summed E-state index contributed by atoms with van der Waals surface area (Å²) in [5.41, 5.74) is 2.95. The van der Waals surface area contributed by atoms with Gasteiger partial charge in [-0.05, 0) is 54.8 Å². The van der Waals surface area contributed by atoms with Gasteiger partial charge < -0.3 is 19.3 Å². The monoisotopic (exact) mass is 382 g/mol. The van der Waals surface area contributed by atoms with Gasteiger partial charge in [0.2, 0.25) is 11.8 Å². The molecule has 0 aliphatic carbocycles. The van der Waals surface area contributed by atoms with E-state index in [1.807, 2.05) is 49.4 Å². The highest BCUT2D eigenvalue weighted by molar-refractivity contribution is 5.98. The van der Waals surface area contributed by atoms with Gasteiger partial charge in [0.05, 0.1) is 14.2 Å². The van der Waals surface area contributed by atoms with Gasteiger partial charge in [-0.1, -0.05) is 12.1 Å². The lowest BCUT2D eigenvalue weighted by atomic mass is 10.1. The fourth-order valence-corrected chi connectivity index (χ4v) is 3.35. The van der Waals surface area contributed by atoms with E-state index < -0.39 is 0 Å². The van der Waals surface area contributed by atoms with Crippen molar-refractivity contribution < 1.29 is 19.1 Å². The Hall–Kier alpha value is -3.02. The van der Waals surface area contributed by atoms with Crippen LogP contribution >= 0.6 is 0 Å². The Labute approximate surface area is 165 Å². The zero-order valence-corrected chi connectivity index (χ0v) is 16.6. The lowest BCUT2D eigenvalue weighted by molar-refractivity contribution is -0.136. The third kappa shape index (κ3) is 4.44. The molecule has 2 aromatic rings. The Morgan fingerprint density at radius 2 is 1.79 bits per heavy atom. The van der Waals surface area contributed by atoms with E-state index in [9.17, 15) is 9.59 Å². The minimum atomic E-state index is -0.0678. The Morgan fingerprint density at radius 3 is 2.43 bits per heavy atom. The quantitative estimate of drug-likeness (QED) is 0.771. The van der Waals surface area contributed by atoms with Crippen LogP contribution in [0.25, 0.3) is 0 Å². The number of amides is 2. The highest BCUT2D eigenvalue weighted by Gasteiger charge is 2.27. The van der Waals surface area contributed by atoms with E-state index in [0.29, 0.717) is 25.9 Å². The largest absolute Gasteiger partial charge is 0.497 e. The number of anilines is 1. The third-order valence-corrected chi connectivity index (χ3v) is 5.06. The second-order valence-electron chi connectivity index (χ2n) is 6.86. The van der Waals surface area contributed by atoms with Gasteiger partial charge in [-0.15, -0.1) is 0 Å². The van der Waals surface area contributed by atoms with E-state index in [0.717, 1.165) is 28.3 Å². The van der Waals surface area contributed by atoms with Crippen LogP contribution in [0.5, 0.6) is 11.5 Å². The predicted molar refractivity (Wildman–Crippen MR) is 108 cm³/mol. The second-order valence-corrected chi connectivity index (χ2v) is 6.86. The maximum Gasteiger partial charge on any atom is 0.246 e. The van der Waals surface area contributed by atoms with E-state index in [-0.39, 0.29) is 18.4 Å². The SMILES string of the molecule is COc1ccc(N2CCN(C(=O)CCc3ccc(C)c(OC)c3)CC2=O)cc1. The van der Waals surface area contributed by atoms with Gasteiger partial charge in [0.15, 0.2) is 0 Å². The van der Waals surface area contributed by atoms with Crippen LogP contribution in [0.2, 0.25) is 0 Å². The van der Waals surface area contributed by atoms with Crippen molar-refractivity contribution in [2.45, 2.75) is 19.8 Å². The molecule has 0 atom stereocenters. The molecule has 0 unspecified atom stereocenters. The van der Waals surface area contributed by atoms with Crippen molar-refractivity contribution in [3.63, 3.8) is 0 Å². The van der Waals surface area contributed by atoms with Gasteiger partial charge >= 0.3 is 0 Å². The van der Waals surface area contributed by atoms with Crippen LogP contribution in [0, 0.1) is 6.92 Å². The average molecular weight is 382 g/mol. The first kappa shape index (κ1) is 19.7. The molecule has 2 amide bonds. The number of ether oxygens (including phenoxy) is 2. The summed E-state index contributed by atoms with van der Waals surface area (Å²) in [4.78, 5) is 28.5. The minimum Gasteiger partial charge on any atom is -0.497 e. The Balaban J connectivity index is 1.55. The number of carbonyl (C=O) groups is 2. The van der Waals surface area contributed by atoms with E-state index in [2.05, 4.69) is 0 Å². The molecular weight excluding hydrogens is 356 g/mol. The summed E-state index contributed by atoms with van der Waals surface area (Å²) in [6.45, 7) is 3.13. The number of aryl methyl sites for hydroxylation is 2. The van der Waals surface area contributed by atoms with Crippen LogP contribution in [-0.4, -0.2) is 50.6 Å². The molecule has 1 saturated heterocycles. The van der Waals surface area contributed by atoms with Crippen LogP contribution in [0.1, 0.15) is 17.5 Å². The van der Waals surface area contributed by atoms with Crippen LogP contribution in [0.3, 0.4) is 0 Å². The van der Waals surface area contributed by atoms with Crippen molar-refractivity contribution in [1.82, 2.24) is 4.90 Å². The van der Waals surface area contributed by atoms with Crippen molar-refractivity contribution in [2.24, 2.45) is 0 Å². The fourth-order valence-electron chi connectivity index (χ4n) is 3.35. The molecule has 28 heavy (non-hydrogen) atoms. The summed E-state index contributed by atoms with van der Waals surface area (Å²) in [6.07, 6.45) is 1.00. The van der Waals surface area contributed by atoms with Gasteiger partial charge in [0, 0.05) is 25.2 Å². The van der Waals surface area contributed by atoms with Gasteiger partial charge in [0.1, 0.15) is 18.0 Å². The van der Waals surface area contributed by atoms with E-state index in [4.69, 9.17) is 9.47 Å². The normalized spacial score (nSPS) is 14.2. The smallest absolute Gasteiger partial charge is 0.246 e. The maximum atomic E-state index is 12.6. The predicted octanol–water partition coefficient (Wildman–Crippen LogP) is 2.82. The van der Waals surface area contributed by atoms with Crippen LogP contribution in [-0.2, 0) is 16.0 Å². The first-order chi connectivity index (χ1) is 13.5. The Bertz CT molecular complexity index is 848. The molecule has 0 aromatic heterocycles. The molecule has 148 valence electrons. The molecule has 1 aliphatic heterocycles. The number of carbonyl (C=O) groups excluding carboxylic acids is 2. The molecule has 0 bridgehead atoms. The maximum absolute atomic E-state index is 12.6. The molecule has 1 fully saturated rings. The number of piperazine rings is 1. The molecule has 6 nitrogen and oxygen atoms in total. The van der Waals surface area contributed by atoms with E-state index >= 15 is 0 Å². The molecule has 2 aromatic carbocycles. The Morgan fingerprint density at radius 1 is 1.04 bits per heavy atom. The number of benzene rings is 2. The summed E-state index contributed by atoms with van der Waals surface area (Å²) < 4.78 is 10.5. The second kappa shape index (κ2) is 8.78. The van der Waals surface area contributed by atoms with Gasteiger partial charge in [-0.25, -0.2) is 0 Å². The van der Waals surface area contributed by atoms with Crippen molar-refractivity contribution in [2.75, 3.05) is 38.8 Å². The number of hydrogen-bond donors (Lipinski definition) is 0. The molecular formula is C22H26N2O4. The van der Waals surface area contributed by atoms with Crippen molar-refractivity contribution >= 4 is 17.5 Å². The molecule has 0 radical (unpaired) electrons. The van der Waals surface area contributed by atoms with Gasteiger partial charge in [-0.3, -0.25) is 9.59 Å². The molecule has 3 rings (SSSR count). The third-order valence-electron chi connectivity index (χ3n) is 5.06. The van der Waals surface area contributed by atoms with Crippen molar-refractivity contribution in [3.05, 3.63) is 53.6 Å². The Kier molecular flexibility index (Phi) is 6.19. The zero-order chi connectivity index (χ0) is 20.1. The molecule has 0 spiro atoms. The highest BCUT2D eigenvalue weighted by Crippen LogP contribution is 2.22. The molecule has 1 heterocycles. The van der Waals surface area contributed by atoms with E-state index in [1.54, 1.807) is 24.0 Å². The van der Waals surface area contributed by atoms with Gasteiger partial charge in [0.25, 0.3) is 0 Å². The summed E-state index contributed by atoms with van der Waals surface area (Å²) in [5.74, 6) is 1.51. The average Bonchev–Trinajstić information content (AvgIpc) is 2.73. The van der Waals surface area contributed by atoms with Crippen LogP contribution < -0.4 is 14.4 Å². The van der Waals surface area contributed by atoms with Crippen molar-refractivity contribution in [1.29, 1.82) is 0 Å². The number of rotatable bonds is 6. The topological polar surface area (TPSA) is 59.1 Å². The lowest BCUT2D eigenvalue weighted by Crippen LogP contribution is -2.52. The summed E-state index contributed by atoms with van der Waals surface area (Å²) in [6, 6.07) is 13.4. The fraction of sp³-hybridized carbons (Fsp3) is 0.364.